The van der Waals surface area contributed by atoms with Gasteiger partial charge in [0.1, 0.15) is 11.6 Å². The van der Waals surface area contributed by atoms with Gasteiger partial charge in [-0.05, 0) is 27.0 Å². The zero-order valence-electron chi connectivity index (χ0n) is 10.9. The molecule has 1 N–H and O–H groups in total. The average molecular weight is 247 g/mol. The molecule has 96 valence electrons. The maximum absolute atomic E-state index is 14.0. The second kappa shape index (κ2) is 5.31. The molecule has 0 amide bonds. The first-order chi connectivity index (χ1) is 8.67. The molecule has 3 nitrogen and oxygen atoms in total. The normalized spacial score (nSPS) is 12.7. The van der Waals surface area contributed by atoms with Gasteiger partial charge in [-0.25, -0.2) is 9.37 Å². The van der Waals surface area contributed by atoms with Crippen LogP contribution in [0.2, 0.25) is 0 Å². The molecule has 0 spiro atoms. The number of nitrogens with one attached hydrogen (secondary N) is 1. The Balaban J connectivity index is 2.48. The maximum Gasteiger partial charge on any atom is 0.130 e. The van der Waals surface area contributed by atoms with Crippen molar-refractivity contribution in [3.63, 3.8) is 0 Å². The molecule has 1 atom stereocenters. The summed E-state index contributed by atoms with van der Waals surface area (Å²) in [4.78, 5) is 4.34. The Morgan fingerprint density at radius 3 is 2.89 bits per heavy atom. The summed E-state index contributed by atoms with van der Waals surface area (Å²) in [5, 5.41) is 3.14. The van der Waals surface area contributed by atoms with Crippen LogP contribution < -0.4 is 5.32 Å². The molecule has 18 heavy (non-hydrogen) atoms. The number of aromatic nitrogens is 2. The Morgan fingerprint density at radius 1 is 1.44 bits per heavy atom. The SMILES string of the molecule is CCn1ccnc1C(NC)c1cc(C)ccc1F. The van der Waals surface area contributed by atoms with Gasteiger partial charge >= 0.3 is 0 Å². The monoisotopic (exact) mass is 247 g/mol. The highest BCUT2D eigenvalue weighted by molar-refractivity contribution is 5.30. The molecule has 0 saturated carbocycles. The van der Waals surface area contributed by atoms with Crippen molar-refractivity contribution >= 4 is 0 Å². The Bertz CT molecular complexity index is 534. The third-order valence-corrected chi connectivity index (χ3v) is 3.10. The van der Waals surface area contributed by atoms with Gasteiger partial charge in [0.25, 0.3) is 0 Å². The number of aryl methyl sites for hydroxylation is 2. The molecule has 1 aromatic heterocycles. The molecule has 1 heterocycles. The standard InChI is InChI=1S/C14H18FN3/c1-4-18-8-7-17-14(18)13(16-3)11-9-10(2)5-6-12(11)15/h5-9,13,16H,4H2,1-3H3. The minimum Gasteiger partial charge on any atom is -0.334 e. The van der Waals surface area contributed by atoms with Gasteiger partial charge in [0.15, 0.2) is 0 Å². The molecule has 0 aliphatic carbocycles. The minimum absolute atomic E-state index is 0.203. The number of imidazole rings is 1. The van der Waals surface area contributed by atoms with Crippen molar-refractivity contribution in [2.24, 2.45) is 0 Å². The van der Waals surface area contributed by atoms with E-state index < -0.39 is 0 Å². The summed E-state index contributed by atoms with van der Waals surface area (Å²) in [7, 11) is 1.82. The molecule has 2 aromatic rings. The van der Waals surface area contributed by atoms with Gasteiger partial charge in [-0.3, -0.25) is 0 Å². The van der Waals surface area contributed by atoms with Crippen LogP contribution in [0.1, 0.15) is 29.9 Å². The molecule has 1 unspecified atom stereocenters. The summed E-state index contributed by atoms with van der Waals surface area (Å²) < 4.78 is 16.0. The van der Waals surface area contributed by atoms with E-state index in [1.54, 1.807) is 12.3 Å². The van der Waals surface area contributed by atoms with Gasteiger partial charge in [0.05, 0.1) is 6.04 Å². The number of hydrogen-bond donors (Lipinski definition) is 1. The van der Waals surface area contributed by atoms with Crippen LogP contribution in [-0.2, 0) is 6.54 Å². The van der Waals surface area contributed by atoms with Crippen LogP contribution >= 0.6 is 0 Å². The van der Waals surface area contributed by atoms with E-state index in [1.807, 2.05) is 37.7 Å². The summed E-state index contributed by atoms with van der Waals surface area (Å²) in [5.74, 6) is 0.634. The first-order valence-corrected chi connectivity index (χ1v) is 6.11. The third-order valence-electron chi connectivity index (χ3n) is 3.10. The molecule has 0 saturated heterocycles. The first-order valence-electron chi connectivity index (χ1n) is 6.11. The second-order valence-corrected chi connectivity index (χ2v) is 4.32. The highest BCUT2D eigenvalue weighted by atomic mass is 19.1. The molecule has 0 fully saturated rings. The van der Waals surface area contributed by atoms with E-state index in [9.17, 15) is 4.39 Å². The summed E-state index contributed by atoms with van der Waals surface area (Å²) in [5.41, 5.74) is 1.68. The molecule has 0 bridgehead atoms. The lowest BCUT2D eigenvalue weighted by molar-refractivity contribution is 0.542. The Hall–Kier alpha value is -1.68. The summed E-state index contributed by atoms with van der Waals surface area (Å²) in [6, 6.07) is 4.93. The molecule has 4 heteroatoms. The summed E-state index contributed by atoms with van der Waals surface area (Å²) >= 11 is 0. The number of benzene rings is 1. The van der Waals surface area contributed by atoms with Crippen molar-refractivity contribution in [3.05, 3.63) is 53.4 Å². The molecule has 0 radical (unpaired) electrons. The fourth-order valence-corrected chi connectivity index (χ4v) is 2.16. The highest BCUT2D eigenvalue weighted by Gasteiger charge is 2.20. The van der Waals surface area contributed by atoms with Gasteiger partial charge in [0, 0.05) is 24.5 Å². The lowest BCUT2D eigenvalue weighted by Crippen LogP contribution is -2.23. The van der Waals surface area contributed by atoms with Gasteiger partial charge in [-0.15, -0.1) is 0 Å². The Kier molecular flexibility index (Phi) is 3.77. The predicted molar refractivity (Wildman–Crippen MR) is 69.9 cm³/mol. The van der Waals surface area contributed by atoms with E-state index in [0.29, 0.717) is 5.56 Å². The van der Waals surface area contributed by atoms with Crippen LogP contribution in [-0.4, -0.2) is 16.6 Å². The third kappa shape index (κ3) is 2.29. The lowest BCUT2D eigenvalue weighted by atomic mass is 10.0. The van der Waals surface area contributed by atoms with Gasteiger partial charge in [-0.1, -0.05) is 17.7 Å². The van der Waals surface area contributed by atoms with Crippen molar-refractivity contribution in [1.82, 2.24) is 14.9 Å². The van der Waals surface area contributed by atoms with Crippen molar-refractivity contribution in [2.75, 3.05) is 7.05 Å². The average Bonchev–Trinajstić information content (AvgIpc) is 2.83. The quantitative estimate of drug-likeness (QED) is 0.900. The van der Waals surface area contributed by atoms with Crippen LogP contribution in [0.4, 0.5) is 4.39 Å². The first kappa shape index (κ1) is 12.8. The van der Waals surface area contributed by atoms with Crippen molar-refractivity contribution in [1.29, 1.82) is 0 Å². The number of rotatable bonds is 4. The van der Waals surface area contributed by atoms with E-state index in [2.05, 4.69) is 10.3 Å². The van der Waals surface area contributed by atoms with Gasteiger partial charge in [-0.2, -0.15) is 0 Å². The molecule has 0 aliphatic heterocycles. The zero-order chi connectivity index (χ0) is 13.1. The lowest BCUT2D eigenvalue weighted by Gasteiger charge is -2.18. The maximum atomic E-state index is 14.0. The number of nitrogens with zero attached hydrogens (tertiary/aromatic N) is 2. The second-order valence-electron chi connectivity index (χ2n) is 4.32. The van der Waals surface area contributed by atoms with E-state index in [-0.39, 0.29) is 11.9 Å². The van der Waals surface area contributed by atoms with Crippen molar-refractivity contribution < 1.29 is 4.39 Å². The van der Waals surface area contributed by atoms with Crippen LogP contribution in [0.15, 0.2) is 30.6 Å². The van der Waals surface area contributed by atoms with Crippen LogP contribution in [0.5, 0.6) is 0 Å². The van der Waals surface area contributed by atoms with Crippen molar-refractivity contribution in [2.45, 2.75) is 26.4 Å². The largest absolute Gasteiger partial charge is 0.334 e. The minimum atomic E-state index is -0.222. The van der Waals surface area contributed by atoms with E-state index >= 15 is 0 Å². The predicted octanol–water partition coefficient (Wildman–Crippen LogP) is 2.66. The Morgan fingerprint density at radius 2 is 2.22 bits per heavy atom. The fraction of sp³-hybridized carbons (Fsp3) is 0.357. The van der Waals surface area contributed by atoms with Gasteiger partial charge in [0.2, 0.25) is 0 Å². The van der Waals surface area contributed by atoms with E-state index in [0.717, 1.165) is 17.9 Å². The van der Waals surface area contributed by atoms with Gasteiger partial charge < -0.3 is 9.88 Å². The molecule has 0 aliphatic rings. The van der Waals surface area contributed by atoms with E-state index in [4.69, 9.17) is 0 Å². The van der Waals surface area contributed by atoms with Crippen molar-refractivity contribution in [3.8, 4) is 0 Å². The highest BCUT2D eigenvalue weighted by Crippen LogP contribution is 2.24. The summed E-state index contributed by atoms with van der Waals surface area (Å²) in [6.45, 7) is 4.83. The fourth-order valence-electron chi connectivity index (χ4n) is 2.16. The number of hydrogen-bond acceptors (Lipinski definition) is 2. The Labute approximate surface area is 107 Å². The van der Waals surface area contributed by atoms with E-state index in [1.165, 1.54) is 6.07 Å². The molecule has 2 rings (SSSR count). The molecular weight excluding hydrogens is 229 g/mol. The number of halogens is 1. The topological polar surface area (TPSA) is 29.9 Å². The van der Waals surface area contributed by atoms with Crippen LogP contribution in [0, 0.1) is 12.7 Å². The molecular formula is C14H18FN3. The smallest absolute Gasteiger partial charge is 0.130 e. The van der Waals surface area contributed by atoms with Crippen LogP contribution in [0.25, 0.3) is 0 Å². The zero-order valence-corrected chi connectivity index (χ0v) is 10.9. The van der Waals surface area contributed by atoms with Crippen LogP contribution in [0.3, 0.4) is 0 Å². The molecule has 1 aromatic carbocycles. The summed E-state index contributed by atoms with van der Waals surface area (Å²) in [6.07, 6.45) is 3.66.